The van der Waals surface area contributed by atoms with Crippen molar-refractivity contribution in [2.45, 2.75) is 42.6 Å². The first kappa shape index (κ1) is 20.4. The van der Waals surface area contributed by atoms with Crippen molar-refractivity contribution >= 4 is 17.4 Å². The molecule has 4 aromatic rings. The summed E-state index contributed by atoms with van der Waals surface area (Å²) in [6.07, 6.45) is 2.30. The third-order valence-electron chi connectivity index (χ3n) is 5.27. The molecule has 9 nitrogen and oxygen atoms in total. The number of rotatable bonds is 8. The van der Waals surface area contributed by atoms with E-state index in [1.54, 1.807) is 12.1 Å². The first-order valence-electron chi connectivity index (χ1n) is 10.3. The van der Waals surface area contributed by atoms with Crippen LogP contribution in [0.25, 0.3) is 11.5 Å². The predicted molar refractivity (Wildman–Crippen MR) is 118 cm³/mol. The van der Waals surface area contributed by atoms with Gasteiger partial charge in [-0.05, 0) is 37.5 Å². The molecule has 1 atom stereocenters. The van der Waals surface area contributed by atoms with Crippen molar-refractivity contribution in [3.05, 3.63) is 82.0 Å². The summed E-state index contributed by atoms with van der Waals surface area (Å²) >= 11 is 1.53. The summed E-state index contributed by atoms with van der Waals surface area (Å²) in [7, 11) is 0. The van der Waals surface area contributed by atoms with Gasteiger partial charge < -0.3 is 8.98 Å². The topological polar surface area (TPSA) is 113 Å². The average molecular weight is 449 g/mol. The van der Waals surface area contributed by atoms with Crippen molar-refractivity contribution in [3.63, 3.8) is 0 Å². The van der Waals surface area contributed by atoms with E-state index in [9.17, 15) is 10.1 Å². The molecule has 2 aromatic carbocycles. The van der Waals surface area contributed by atoms with Gasteiger partial charge in [0.15, 0.2) is 5.16 Å². The van der Waals surface area contributed by atoms with E-state index in [2.05, 4.69) is 37.1 Å². The molecular weight excluding hydrogens is 428 g/mol. The molecule has 10 heteroatoms. The molecule has 1 unspecified atom stereocenters. The van der Waals surface area contributed by atoms with E-state index >= 15 is 0 Å². The zero-order valence-corrected chi connectivity index (χ0v) is 18.1. The van der Waals surface area contributed by atoms with Crippen LogP contribution in [0.3, 0.4) is 0 Å². The number of aromatic nitrogens is 5. The lowest BCUT2D eigenvalue weighted by Crippen LogP contribution is -2.06. The maximum Gasteiger partial charge on any atom is 0.269 e. The van der Waals surface area contributed by atoms with Crippen LogP contribution in [0.2, 0.25) is 0 Å². The summed E-state index contributed by atoms with van der Waals surface area (Å²) in [6, 6.07) is 16.3. The summed E-state index contributed by atoms with van der Waals surface area (Å²) in [5, 5.41) is 28.7. The van der Waals surface area contributed by atoms with Crippen LogP contribution in [0.1, 0.15) is 48.2 Å². The SMILES string of the molecule is CC(Sc1nnc(C2CC2)n1Cc1ccccc1)c1nnc(-c2ccc([N+](=O)[O-])cc2)o1. The molecule has 0 saturated heterocycles. The third-order valence-corrected chi connectivity index (χ3v) is 6.34. The van der Waals surface area contributed by atoms with Crippen molar-refractivity contribution in [1.82, 2.24) is 25.0 Å². The van der Waals surface area contributed by atoms with E-state index in [0.717, 1.165) is 23.8 Å². The highest BCUT2D eigenvalue weighted by Gasteiger charge is 2.31. The number of non-ortho nitro benzene ring substituents is 1. The van der Waals surface area contributed by atoms with Gasteiger partial charge in [0.05, 0.1) is 16.7 Å². The molecule has 1 fully saturated rings. The van der Waals surface area contributed by atoms with E-state index in [0.29, 0.717) is 29.8 Å². The van der Waals surface area contributed by atoms with Crippen LogP contribution in [0.5, 0.6) is 0 Å². The maximum absolute atomic E-state index is 10.8. The normalized spacial score (nSPS) is 14.4. The van der Waals surface area contributed by atoms with Crippen molar-refractivity contribution in [1.29, 1.82) is 0 Å². The van der Waals surface area contributed by atoms with Crippen LogP contribution < -0.4 is 0 Å². The summed E-state index contributed by atoms with van der Waals surface area (Å²) in [5.41, 5.74) is 1.85. The zero-order valence-electron chi connectivity index (χ0n) is 17.3. The van der Waals surface area contributed by atoms with Crippen molar-refractivity contribution in [2.75, 3.05) is 0 Å². The first-order valence-corrected chi connectivity index (χ1v) is 11.2. The fourth-order valence-corrected chi connectivity index (χ4v) is 4.28. The summed E-state index contributed by atoms with van der Waals surface area (Å²) in [4.78, 5) is 10.4. The lowest BCUT2D eigenvalue weighted by atomic mass is 10.2. The van der Waals surface area contributed by atoms with E-state index in [1.807, 2.05) is 25.1 Å². The minimum atomic E-state index is -0.441. The van der Waals surface area contributed by atoms with Gasteiger partial charge in [0, 0.05) is 23.6 Å². The number of benzene rings is 2. The Balaban J connectivity index is 1.35. The number of nitrogens with zero attached hydrogens (tertiary/aromatic N) is 6. The summed E-state index contributed by atoms with van der Waals surface area (Å²) < 4.78 is 8.04. The Morgan fingerprint density at radius 2 is 1.84 bits per heavy atom. The second kappa shape index (κ2) is 8.54. The first-order chi connectivity index (χ1) is 15.6. The monoisotopic (exact) mass is 448 g/mol. The van der Waals surface area contributed by atoms with E-state index in [4.69, 9.17) is 4.42 Å². The number of hydrogen-bond donors (Lipinski definition) is 0. The fourth-order valence-electron chi connectivity index (χ4n) is 3.40. The number of thioether (sulfide) groups is 1. The molecule has 0 radical (unpaired) electrons. The molecule has 0 spiro atoms. The molecule has 2 heterocycles. The van der Waals surface area contributed by atoms with Gasteiger partial charge in [-0.15, -0.1) is 20.4 Å². The molecular formula is C22H20N6O3S. The van der Waals surface area contributed by atoms with Crippen LogP contribution in [0, 0.1) is 10.1 Å². The standard InChI is InChI=1S/C22H20N6O3S/c1-14(20-24-25-21(31-20)17-9-11-18(12-10-17)28(29)30)32-22-26-23-19(16-7-8-16)27(22)13-15-5-3-2-4-6-15/h2-6,9-12,14,16H,7-8,13H2,1H3. The third kappa shape index (κ3) is 4.26. The Hall–Kier alpha value is -3.53. The van der Waals surface area contributed by atoms with Crippen LogP contribution in [-0.4, -0.2) is 29.9 Å². The van der Waals surface area contributed by atoms with Gasteiger partial charge in [0.25, 0.3) is 5.69 Å². The lowest BCUT2D eigenvalue weighted by molar-refractivity contribution is -0.384. The summed E-state index contributed by atoms with van der Waals surface area (Å²) in [5.74, 6) is 2.30. The molecule has 1 aliphatic rings. The van der Waals surface area contributed by atoms with Gasteiger partial charge in [-0.2, -0.15) is 0 Å². The summed E-state index contributed by atoms with van der Waals surface area (Å²) in [6.45, 7) is 2.70. The lowest BCUT2D eigenvalue weighted by Gasteiger charge is -2.11. The molecule has 0 bridgehead atoms. The van der Waals surface area contributed by atoms with Crippen LogP contribution in [0.15, 0.2) is 64.2 Å². The Labute approximate surface area is 188 Å². The van der Waals surface area contributed by atoms with Gasteiger partial charge in [0.2, 0.25) is 11.8 Å². The molecule has 32 heavy (non-hydrogen) atoms. The molecule has 0 aliphatic heterocycles. The van der Waals surface area contributed by atoms with Gasteiger partial charge >= 0.3 is 0 Å². The Bertz CT molecular complexity index is 1230. The quantitative estimate of drug-likeness (QED) is 0.210. The van der Waals surface area contributed by atoms with Crippen molar-refractivity contribution in [2.24, 2.45) is 0 Å². The Kier molecular flexibility index (Phi) is 5.44. The van der Waals surface area contributed by atoms with Crippen LogP contribution in [-0.2, 0) is 6.54 Å². The Morgan fingerprint density at radius 3 is 2.53 bits per heavy atom. The number of nitro groups is 1. The van der Waals surface area contributed by atoms with E-state index in [-0.39, 0.29) is 10.9 Å². The van der Waals surface area contributed by atoms with Crippen LogP contribution in [0.4, 0.5) is 5.69 Å². The highest BCUT2D eigenvalue weighted by molar-refractivity contribution is 7.99. The smallest absolute Gasteiger partial charge is 0.269 e. The minimum absolute atomic E-state index is 0.0154. The van der Waals surface area contributed by atoms with E-state index < -0.39 is 4.92 Å². The molecule has 0 amide bonds. The highest BCUT2D eigenvalue weighted by Crippen LogP contribution is 2.42. The second-order valence-electron chi connectivity index (χ2n) is 7.70. The van der Waals surface area contributed by atoms with Crippen molar-refractivity contribution < 1.29 is 9.34 Å². The van der Waals surface area contributed by atoms with Gasteiger partial charge in [-0.25, -0.2) is 0 Å². The zero-order chi connectivity index (χ0) is 22.1. The highest BCUT2D eigenvalue weighted by atomic mass is 32.2. The second-order valence-corrected chi connectivity index (χ2v) is 9.00. The number of nitro benzene ring substituents is 1. The number of hydrogen-bond acceptors (Lipinski definition) is 8. The molecule has 1 aliphatic carbocycles. The average Bonchev–Trinajstić information content (AvgIpc) is 3.39. The molecule has 162 valence electrons. The molecule has 5 rings (SSSR count). The molecule has 0 N–H and O–H groups in total. The molecule has 2 aromatic heterocycles. The molecule has 1 saturated carbocycles. The largest absolute Gasteiger partial charge is 0.419 e. The minimum Gasteiger partial charge on any atom is -0.419 e. The maximum atomic E-state index is 10.8. The van der Waals surface area contributed by atoms with E-state index in [1.165, 1.54) is 29.5 Å². The van der Waals surface area contributed by atoms with Gasteiger partial charge in [-0.3, -0.25) is 10.1 Å². The van der Waals surface area contributed by atoms with Crippen molar-refractivity contribution in [3.8, 4) is 11.5 Å². The van der Waals surface area contributed by atoms with Gasteiger partial charge in [-0.1, -0.05) is 42.1 Å². The predicted octanol–water partition coefficient (Wildman–Crippen LogP) is 5.02. The Morgan fingerprint density at radius 1 is 1.09 bits per heavy atom. The van der Waals surface area contributed by atoms with Crippen LogP contribution >= 0.6 is 11.8 Å². The fraction of sp³-hybridized carbons (Fsp3) is 0.273. The van der Waals surface area contributed by atoms with Gasteiger partial charge in [0.1, 0.15) is 5.82 Å².